The molecule has 0 radical (unpaired) electrons. The molecule has 0 aliphatic carbocycles. The lowest BCUT2D eigenvalue weighted by Gasteiger charge is -2.30. The molecular formula is C14H23ClN2O3S. The van der Waals surface area contributed by atoms with E-state index in [2.05, 4.69) is 17.0 Å². The molecule has 2 rings (SSSR count). The van der Waals surface area contributed by atoms with E-state index in [1.165, 1.54) is 0 Å². The largest absolute Gasteiger partial charge is 0.494 e. The average Bonchev–Trinajstić information content (AvgIpc) is 2.42. The molecule has 120 valence electrons. The van der Waals surface area contributed by atoms with Crippen molar-refractivity contribution in [1.29, 1.82) is 0 Å². The maximum Gasteiger partial charge on any atom is 0.241 e. The van der Waals surface area contributed by atoms with E-state index in [-0.39, 0.29) is 23.3 Å². The molecule has 5 nitrogen and oxygen atoms in total. The maximum atomic E-state index is 12.4. The Bertz CT molecular complexity index is 551. The lowest BCUT2D eigenvalue weighted by Crippen LogP contribution is -2.50. The first-order valence-corrected chi connectivity index (χ1v) is 8.47. The van der Waals surface area contributed by atoms with Gasteiger partial charge in [-0.25, -0.2) is 13.1 Å². The Kier molecular flexibility index (Phi) is 6.93. The van der Waals surface area contributed by atoms with Crippen LogP contribution in [-0.2, 0) is 10.0 Å². The fourth-order valence-corrected chi connectivity index (χ4v) is 3.69. The van der Waals surface area contributed by atoms with Crippen LogP contribution in [0.4, 0.5) is 0 Å². The monoisotopic (exact) mass is 334 g/mol. The van der Waals surface area contributed by atoms with Crippen LogP contribution in [0.1, 0.15) is 20.3 Å². The van der Waals surface area contributed by atoms with Gasteiger partial charge in [-0.15, -0.1) is 12.4 Å². The maximum absolute atomic E-state index is 12.4. The number of hydrogen-bond donors (Lipinski definition) is 2. The molecule has 21 heavy (non-hydrogen) atoms. The number of hydrogen-bond acceptors (Lipinski definition) is 4. The highest BCUT2D eigenvalue weighted by Gasteiger charge is 2.26. The number of nitrogens with one attached hydrogen (secondary N) is 2. The zero-order chi connectivity index (χ0) is 14.6. The van der Waals surface area contributed by atoms with Crippen molar-refractivity contribution in [3.63, 3.8) is 0 Å². The van der Waals surface area contributed by atoms with Gasteiger partial charge in [0.05, 0.1) is 11.5 Å². The number of benzene rings is 1. The molecule has 0 bridgehead atoms. The van der Waals surface area contributed by atoms with Gasteiger partial charge >= 0.3 is 0 Å². The zero-order valence-electron chi connectivity index (χ0n) is 12.3. The number of piperidine rings is 1. The van der Waals surface area contributed by atoms with Gasteiger partial charge in [0.1, 0.15) is 5.75 Å². The van der Waals surface area contributed by atoms with E-state index in [1.54, 1.807) is 24.3 Å². The van der Waals surface area contributed by atoms with Crippen molar-refractivity contribution >= 4 is 22.4 Å². The second kappa shape index (κ2) is 7.98. The molecule has 0 spiro atoms. The molecule has 0 saturated carbocycles. The molecule has 1 fully saturated rings. The Labute approximate surface area is 132 Å². The second-order valence-electron chi connectivity index (χ2n) is 5.11. The quantitative estimate of drug-likeness (QED) is 0.861. The van der Waals surface area contributed by atoms with Crippen molar-refractivity contribution in [1.82, 2.24) is 10.0 Å². The van der Waals surface area contributed by atoms with Crippen molar-refractivity contribution < 1.29 is 13.2 Å². The van der Waals surface area contributed by atoms with E-state index in [0.29, 0.717) is 24.8 Å². The summed E-state index contributed by atoms with van der Waals surface area (Å²) in [5.41, 5.74) is 0. The Balaban J connectivity index is 0.00000220. The van der Waals surface area contributed by atoms with Crippen LogP contribution in [0.15, 0.2) is 29.2 Å². The van der Waals surface area contributed by atoms with E-state index in [9.17, 15) is 8.42 Å². The molecule has 0 amide bonds. The molecule has 2 N–H and O–H groups in total. The van der Waals surface area contributed by atoms with E-state index < -0.39 is 10.0 Å². The fraction of sp³-hybridized carbons (Fsp3) is 0.571. The van der Waals surface area contributed by atoms with Gasteiger partial charge in [-0.3, -0.25) is 0 Å². The summed E-state index contributed by atoms with van der Waals surface area (Å²) in [4.78, 5) is 0.251. The third-order valence-electron chi connectivity index (χ3n) is 3.56. The third kappa shape index (κ3) is 4.85. The molecule has 0 aromatic heterocycles. The molecule has 1 heterocycles. The van der Waals surface area contributed by atoms with Crippen molar-refractivity contribution in [2.75, 3.05) is 19.7 Å². The smallest absolute Gasteiger partial charge is 0.241 e. The third-order valence-corrected chi connectivity index (χ3v) is 5.05. The first-order valence-electron chi connectivity index (χ1n) is 6.99. The Morgan fingerprint density at radius 1 is 1.43 bits per heavy atom. The number of ether oxygens (including phenoxy) is 1. The summed E-state index contributed by atoms with van der Waals surface area (Å²) in [6.45, 7) is 6.07. The molecule has 1 aromatic carbocycles. The summed E-state index contributed by atoms with van der Waals surface area (Å²) in [5, 5.41) is 3.22. The number of sulfonamides is 1. The summed E-state index contributed by atoms with van der Waals surface area (Å²) in [7, 11) is -3.50. The van der Waals surface area contributed by atoms with E-state index >= 15 is 0 Å². The van der Waals surface area contributed by atoms with Crippen molar-refractivity contribution in [3.8, 4) is 5.75 Å². The van der Waals surface area contributed by atoms with Gasteiger partial charge in [-0.1, -0.05) is 13.0 Å². The molecule has 1 aliphatic heterocycles. The van der Waals surface area contributed by atoms with E-state index in [4.69, 9.17) is 4.74 Å². The van der Waals surface area contributed by atoms with Crippen LogP contribution in [0.3, 0.4) is 0 Å². The van der Waals surface area contributed by atoms with Gasteiger partial charge in [0.25, 0.3) is 0 Å². The minimum atomic E-state index is -3.50. The first-order chi connectivity index (χ1) is 9.53. The van der Waals surface area contributed by atoms with Gasteiger partial charge in [-0.2, -0.15) is 0 Å². The highest BCUT2D eigenvalue weighted by molar-refractivity contribution is 7.89. The Morgan fingerprint density at radius 2 is 2.19 bits per heavy atom. The Hall–Kier alpha value is -0.820. The first kappa shape index (κ1) is 18.2. The topological polar surface area (TPSA) is 67.4 Å². The van der Waals surface area contributed by atoms with Gasteiger partial charge < -0.3 is 10.1 Å². The van der Waals surface area contributed by atoms with Crippen LogP contribution in [-0.4, -0.2) is 34.2 Å². The zero-order valence-corrected chi connectivity index (χ0v) is 14.0. The molecule has 2 unspecified atom stereocenters. The highest BCUT2D eigenvalue weighted by Crippen LogP contribution is 2.19. The summed E-state index contributed by atoms with van der Waals surface area (Å²) < 4.78 is 32.9. The van der Waals surface area contributed by atoms with E-state index in [1.807, 2.05) is 6.92 Å². The van der Waals surface area contributed by atoms with Gasteiger partial charge in [-0.05, 0) is 37.9 Å². The second-order valence-corrected chi connectivity index (χ2v) is 6.82. The predicted molar refractivity (Wildman–Crippen MR) is 85.6 cm³/mol. The van der Waals surface area contributed by atoms with Crippen LogP contribution >= 0.6 is 12.4 Å². The molecule has 2 atom stereocenters. The predicted octanol–water partition coefficient (Wildman–Crippen LogP) is 1.78. The lowest BCUT2D eigenvalue weighted by atomic mass is 9.96. The molecule has 7 heteroatoms. The Morgan fingerprint density at radius 3 is 2.86 bits per heavy atom. The van der Waals surface area contributed by atoms with Gasteiger partial charge in [0.2, 0.25) is 10.0 Å². The van der Waals surface area contributed by atoms with Crippen molar-refractivity contribution in [3.05, 3.63) is 24.3 Å². The lowest BCUT2D eigenvalue weighted by molar-refractivity contribution is 0.326. The molecular weight excluding hydrogens is 312 g/mol. The average molecular weight is 335 g/mol. The van der Waals surface area contributed by atoms with Crippen LogP contribution in [0.2, 0.25) is 0 Å². The fourth-order valence-electron chi connectivity index (χ4n) is 2.31. The molecule has 1 aliphatic rings. The van der Waals surface area contributed by atoms with E-state index in [0.717, 1.165) is 13.0 Å². The van der Waals surface area contributed by atoms with Gasteiger partial charge in [0.15, 0.2) is 0 Å². The molecule has 1 saturated heterocycles. The van der Waals surface area contributed by atoms with Crippen LogP contribution in [0, 0.1) is 5.92 Å². The summed E-state index contributed by atoms with van der Waals surface area (Å²) in [6, 6.07) is 6.54. The van der Waals surface area contributed by atoms with Crippen LogP contribution in [0.5, 0.6) is 5.75 Å². The van der Waals surface area contributed by atoms with Crippen LogP contribution < -0.4 is 14.8 Å². The molecule has 1 aromatic rings. The summed E-state index contributed by atoms with van der Waals surface area (Å²) in [5.74, 6) is 0.909. The summed E-state index contributed by atoms with van der Waals surface area (Å²) >= 11 is 0. The van der Waals surface area contributed by atoms with Crippen molar-refractivity contribution in [2.24, 2.45) is 5.92 Å². The SMILES string of the molecule is CCOc1cccc(S(=O)(=O)NC2CNCCC2C)c1.Cl. The standard InChI is InChI=1S/C14H22N2O3S.ClH/c1-3-19-12-5-4-6-13(9-12)20(17,18)16-14-10-15-8-7-11(14)2;/h4-6,9,11,14-16H,3,7-8,10H2,1-2H3;1H. The normalized spacial score (nSPS) is 22.4. The minimum Gasteiger partial charge on any atom is -0.494 e. The minimum absolute atomic E-state index is 0. The number of halogens is 1. The highest BCUT2D eigenvalue weighted by atomic mass is 35.5. The van der Waals surface area contributed by atoms with Gasteiger partial charge in [0, 0.05) is 18.7 Å². The number of rotatable bonds is 5. The van der Waals surface area contributed by atoms with Crippen molar-refractivity contribution in [2.45, 2.75) is 31.2 Å². The van der Waals surface area contributed by atoms with Crippen LogP contribution in [0.25, 0.3) is 0 Å². The summed E-state index contributed by atoms with van der Waals surface area (Å²) in [6.07, 6.45) is 0.978.